The third-order valence-corrected chi connectivity index (χ3v) is 10.3. The molecule has 3 nitrogen and oxygen atoms in total. The number of hydrogen-bond acceptors (Lipinski definition) is 1. The normalized spacial score (nSPS) is 12.2. The number of benzene rings is 7. The lowest BCUT2D eigenvalue weighted by atomic mass is 9.90. The molecule has 0 unspecified atom stereocenters. The van der Waals surface area contributed by atoms with Crippen molar-refractivity contribution in [3.8, 4) is 27.9 Å². The number of rotatable bonds is 3. The van der Waals surface area contributed by atoms with E-state index >= 15 is 0 Å². The maximum atomic E-state index is 4.86. The van der Waals surface area contributed by atoms with E-state index in [4.69, 9.17) is 4.98 Å². The van der Waals surface area contributed by atoms with Crippen LogP contribution in [0.5, 0.6) is 0 Å². The summed E-state index contributed by atoms with van der Waals surface area (Å²) >= 11 is 0. The van der Waals surface area contributed by atoms with Gasteiger partial charge in [-0.15, -0.1) is 0 Å². The molecule has 0 bridgehead atoms. The molecule has 0 amide bonds. The van der Waals surface area contributed by atoms with Gasteiger partial charge >= 0.3 is 0 Å². The third kappa shape index (κ3) is 3.40. The summed E-state index contributed by atoms with van der Waals surface area (Å²) in [5.74, 6) is 0. The minimum atomic E-state index is 1.02. The summed E-state index contributed by atoms with van der Waals surface area (Å²) in [5, 5.41) is 8.84. The standard InChI is InChI=1S/C45H27N3/c1-2-11-30(12-3-1)47-42-23-20-28(25-39(42)44-43(47)19-10-24-46-44)31-21-22-32(34-14-5-4-13-33(31)34)29-26-37-35-15-6-8-17-40(35)48-41-18-9-7-16-36(41)38(27-29)45(37)48/h1-27H. The van der Waals surface area contributed by atoms with Gasteiger partial charge in [0.05, 0.1) is 33.1 Å². The Morgan fingerprint density at radius 1 is 0.375 bits per heavy atom. The lowest BCUT2D eigenvalue weighted by molar-refractivity contribution is 1.18. The molecule has 4 aromatic heterocycles. The van der Waals surface area contributed by atoms with Crippen molar-refractivity contribution in [2.45, 2.75) is 0 Å². The number of pyridine rings is 1. The first-order chi connectivity index (χ1) is 23.8. The lowest BCUT2D eigenvalue weighted by Gasteiger charge is -2.13. The SMILES string of the molecule is c1ccc(-n2c3ccc(-c4ccc(-c5cc6c7ccccc7n7c8ccccc8c(c5)c67)c5ccccc45)cc3c3ncccc32)cc1. The van der Waals surface area contributed by atoms with Crippen LogP contribution in [0.1, 0.15) is 0 Å². The molecule has 0 N–H and O–H groups in total. The maximum Gasteiger partial charge on any atom is 0.0963 e. The molecule has 48 heavy (non-hydrogen) atoms. The zero-order chi connectivity index (χ0) is 31.3. The van der Waals surface area contributed by atoms with Crippen LogP contribution in [0, 0.1) is 0 Å². The molecule has 222 valence electrons. The summed E-state index contributed by atoms with van der Waals surface area (Å²) in [6.45, 7) is 0. The third-order valence-electron chi connectivity index (χ3n) is 10.3. The monoisotopic (exact) mass is 609 g/mol. The van der Waals surface area contributed by atoms with Crippen molar-refractivity contribution in [2.24, 2.45) is 0 Å². The van der Waals surface area contributed by atoms with Crippen LogP contribution in [-0.2, 0) is 0 Å². The van der Waals surface area contributed by atoms with E-state index in [1.165, 1.54) is 71.1 Å². The van der Waals surface area contributed by atoms with E-state index in [1.54, 1.807) is 0 Å². The molecule has 0 spiro atoms. The Morgan fingerprint density at radius 2 is 0.938 bits per heavy atom. The highest BCUT2D eigenvalue weighted by Crippen LogP contribution is 2.44. The van der Waals surface area contributed by atoms with E-state index in [2.05, 4.69) is 161 Å². The van der Waals surface area contributed by atoms with Gasteiger partial charge in [-0.25, -0.2) is 0 Å². The van der Waals surface area contributed by atoms with Crippen LogP contribution in [0.25, 0.3) is 98.7 Å². The minimum absolute atomic E-state index is 1.02. The van der Waals surface area contributed by atoms with Crippen molar-refractivity contribution in [1.82, 2.24) is 14.0 Å². The molecular weight excluding hydrogens is 583 g/mol. The van der Waals surface area contributed by atoms with E-state index in [0.29, 0.717) is 0 Å². The van der Waals surface area contributed by atoms with Crippen molar-refractivity contribution in [1.29, 1.82) is 0 Å². The largest absolute Gasteiger partial charge is 0.308 e. The van der Waals surface area contributed by atoms with E-state index in [1.807, 2.05) is 12.3 Å². The minimum Gasteiger partial charge on any atom is -0.308 e. The molecule has 0 atom stereocenters. The Bertz CT molecular complexity index is 2970. The van der Waals surface area contributed by atoms with E-state index in [-0.39, 0.29) is 0 Å². The van der Waals surface area contributed by atoms with Crippen molar-refractivity contribution >= 4 is 70.8 Å². The highest BCUT2D eigenvalue weighted by molar-refractivity contribution is 6.25. The van der Waals surface area contributed by atoms with Crippen LogP contribution < -0.4 is 0 Å². The van der Waals surface area contributed by atoms with Gasteiger partial charge in [-0.05, 0) is 93.7 Å². The maximum absolute atomic E-state index is 4.86. The number of hydrogen-bond donors (Lipinski definition) is 0. The molecule has 0 aliphatic heterocycles. The highest BCUT2D eigenvalue weighted by Gasteiger charge is 2.20. The highest BCUT2D eigenvalue weighted by atomic mass is 15.0. The fourth-order valence-electron chi connectivity index (χ4n) is 8.27. The smallest absolute Gasteiger partial charge is 0.0963 e. The summed E-state index contributed by atoms with van der Waals surface area (Å²) in [4.78, 5) is 4.86. The Kier molecular flexibility index (Phi) is 5.11. The zero-order valence-corrected chi connectivity index (χ0v) is 25.9. The van der Waals surface area contributed by atoms with E-state index in [0.717, 1.165) is 27.6 Å². The van der Waals surface area contributed by atoms with Crippen molar-refractivity contribution in [3.05, 3.63) is 164 Å². The molecule has 3 heteroatoms. The van der Waals surface area contributed by atoms with Crippen LogP contribution in [0.2, 0.25) is 0 Å². The van der Waals surface area contributed by atoms with Crippen LogP contribution in [0.4, 0.5) is 0 Å². The van der Waals surface area contributed by atoms with Crippen LogP contribution in [0.3, 0.4) is 0 Å². The van der Waals surface area contributed by atoms with Gasteiger partial charge in [0.15, 0.2) is 0 Å². The van der Waals surface area contributed by atoms with Crippen LogP contribution in [0.15, 0.2) is 164 Å². The number of nitrogens with zero attached hydrogens (tertiary/aromatic N) is 3. The molecule has 0 saturated heterocycles. The number of aromatic nitrogens is 3. The molecular formula is C45H27N3. The molecule has 11 rings (SSSR count). The van der Waals surface area contributed by atoms with E-state index in [9.17, 15) is 0 Å². The molecule has 0 radical (unpaired) electrons. The van der Waals surface area contributed by atoms with Gasteiger partial charge in [0, 0.05) is 38.8 Å². The molecule has 7 aromatic carbocycles. The number of fused-ring (bicyclic) bond motifs is 10. The fraction of sp³-hybridized carbons (Fsp3) is 0. The Morgan fingerprint density at radius 3 is 1.62 bits per heavy atom. The predicted molar refractivity (Wildman–Crippen MR) is 202 cm³/mol. The van der Waals surface area contributed by atoms with Crippen molar-refractivity contribution in [3.63, 3.8) is 0 Å². The first kappa shape index (κ1) is 25.7. The summed E-state index contributed by atoms with van der Waals surface area (Å²) in [6.07, 6.45) is 1.89. The van der Waals surface area contributed by atoms with Gasteiger partial charge in [0.1, 0.15) is 0 Å². The summed E-state index contributed by atoms with van der Waals surface area (Å²) in [7, 11) is 0. The van der Waals surface area contributed by atoms with Crippen molar-refractivity contribution in [2.75, 3.05) is 0 Å². The quantitative estimate of drug-likeness (QED) is 0.195. The van der Waals surface area contributed by atoms with Gasteiger partial charge in [-0.3, -0.25) is 4.98 Å². The summed E-state index contributed by atoms with van der Waals surface area (Å²) < 4.78 is 4.76. The average Bonchev–Trinajstić information content (AvgIpc) is 3.79. The second-order valence-corrected chi connectivity index (χ2v) is 12.8. The Labute approximate surface area is 275 Å². The van der Waals surface area contributed by atoms with Gasteiger partial charge in [-0.2, -0.15) is 0 Å². The van der Waals surface area contributed by atoms with Gasteiger partial charge in [0.25, 0.3) is 0 Å². The predicted octanol–water partition coefficient (Wildman–Crippen LogP) is 11.8. The average molecular weight is 610 g/mol. The summed E-state index contributed by atoms with van der Waals surface area (Å²) in [5.41, 5.74) is 13.1. The fourth-order valence-corrected chi connectivity index (χ4v) is 8.27. The second-order valence-electron chi connectivity index (χ2n) is 12.8. The van der Waals surface area contributed by atoms with Crippen LogP contribution in [-0.4, -0.2) is 14.0 Å². The van der Waals surface area contributed by atoms with Gasteiger partial charge in [0.2, 0.25) is 0 Å². The second kappa shape index (κ2) is 9.54. The lowest BCUT2D eigenvalue weighted by Crippen LogP contribution is -1.93. The molecule has 11 aromatic rings. The first-order valence-corrected chi connectivity index (χ1v) is 16.5. The first-order valence-electron chi connectivity index (χ1n) is 16.5. The zero-order valence-electron chi connectivity index (χ0n) is 25.9. The molecule has 0 aliphatic rings. The number of para-hydroxylation sites is 3. The van der Waals surface area contributed by atoms with Gasteiger partial charge < -0.3 is 8.97 Å². The molecule has 0 saturated carbocycles. The Balaban J connectivity index is 1.15. The Hall–Kier alpha value is -6.45. The molecule has 0 fully saturated rings. The molecule has 4 heterocycles. The molecule has 0 aliphatic carbocycles. The summed E-state index contributed by atoms with van der Waals surface area (Å²) in [6, 6.07) is 57.5. The topological polar surface area (TPSA) is 22.2 Å². The van der Waals surface area contributed by atoms with Crippen molar-refractivity contribution < 1.29 is 0 Å². The van der Waals surface area contributed by atoms with Crippen LogP contribution >= 0.6 is 0 Å². The van der Waals surface area contributed by atoms with Gasteiger partial charge in [-0.1, -0.05) is 97.1 Å². The van der Waals surface area contributed by atoms with E-state index < -0.39 is 0 Å².